The predicted octanol–water partition coefficient (Wildman–Crippen LogP) is 2.91. The minimum absolute atomic E-state index is 0.0578. The zero-order chi connectivity index (χ0) is 18.9. The Hall–Kier alpha value is -2.58. The molecule has 1 aliphatic rings. The molecule has 0 radical (unpaired) electrons. The first-order valence-corrected chi connectivity index (χ1v) is 8.36. The third-order valence-electron chi connectivity index (χ3n) is 4.14. The fourth-order valence-corrected chi connectivity index (χ4v) is 2.84. The quantitative estimate of drug-likeness (QED) is 0.903. The van der Waals surface area contributed by atoms with E-state index in [1.54, 1.807) is 4.90 Å². The van der Waals surface area contributed by atoms with E-state index >= 15 is 0 Å². The molecule has 3 heterocycles. The Labute approximate surface area is 149 Å². The zero-order valence-corrected chi connectivity index (χ0v) is 14.5. The van der Waals surface area contributed by atoms with Crippen LogP contribution in [-0.4, -0.2) is 32.1 Å². The number of nitrogens with one attached hydrogen (secondary N) is 1. The minimum Gasteiger partial charge on any atom is -0.364 e. The van der Waals surface area contributed by atoms with E-state index in [0.717, 1.165) is 11.8 Å². The highest BCUT2D eigenvalue weighted by Gasteiger charge is 2.32. The molecule has 0 saturated heterocycles. The van der Waals surface area contributed by atoms with Crippen molar-refractivity contribution in [2.45, 2.75) is 39.7 Å². The maximum absolute atomic E-state index is 12.7. The van der Waals surface area contributed by atoms with E-state index in [4.69, 9.17) is 0 Å². The van der Waals surface area contributed by atoms with Crippen LogP contribution in [0.15, 0.2) is 24.3 Å². The van der Waals surface area contributed by atoms with Crippen molar-refractivity contribution in [2.24, 2.45) is 5.92 Å². The van der Waals surface area contributed by atoms with E-state index in [1.807, 2.05) is 24.6 Å². The van der Waals surface area contributed by atoms with Crippen LogP contribution in [0, 0.1) is 5.92 Å². The number of nitrogens with zero attached hydrogens (tertiary/aromatic N) is 4. The van der Waals surface area contributed by atoms with Gasteiger partial charge in [0, 0.05) is 12.5 Å². The van der Waals surface area contributed by atoms with Crippen molar-refractivity contribution in [1.82, 2.24) is 19.7 Å². The molecule has 1 N–H and O–H groups in total. The van der Waals surface area contributed by atoms with Crippen LogP contribution in [0.25, 0.3) is 0 Å². The van der Waals surface area contributed by atoms with Gasteiger partial charge < -0.3 is 10.2 Å². The van der Waals surface area contributed by atoms with Gasteiger partial charge in [0.15, 0.2) is 0 Å². The van der Waals surface area contributed by atoms with E-state index in [2.05, 4.69) is 15.4 Å². The lowest BCUT2D eigenvalue weighted by Crippen LogP contribution is -2.40. The van der Waals surface area contributed by atoms with E-state index < -0.39 is 11.9 Å². The van der Waals surface area contributed by atoms with E-state index in [0.29, 0.717) is 25.3 Å². The third kappa shape index (κ3) is 3.97. The van der Waals surface area contributed by atoms with Gasteiger partial charge in [0.05, 0.1) is 31.0 Å². The number of pyridine rings is 1. The van der Waals surface area contributed by atoms with Crippen molar-refractivity contribution >= 4 is 11.7 Å². The Balaban J connectivity index is 1.66. The summed E-state index contributed by atoms with van der Waals surface area (Å²) in [5, 5.41) is 7.31. The van der Waals surface area contributed by atoms with Crippen LogP contribution in [-0.2, 0) is 30.6 Å². The van der Waals surface area contributed by atoms with E-state index in [1.165, 1.54) is 12.1 Å². The van der Waals surface area contributed by atoms with Crippen molar-refractivity contribution < 1.29 is 18.0 Å². The van der Waals surface area contributed by atoms with Gasteiger partial charge in [-0.05, 0) is 18.2 Å². The standard InChI is InChI=1S/C17H20F3N5O/c1-11(2)16(26)24-6-7-25-13(10-24)8-12(23-25)9-21-15-5-3-4-14(22-15)17(18,19)20/h3-5,8,11H,6-7,9-10H2,1-2H3,(H,21,22). The van der Waals surface area contributed by atoms with Gasteiger partial charge >= 0.3 is 6.18 Å². The molecule has 140 valence electrons. The molecule has 1 amide bonds. The molecule has 1 aliphatic heterocycles. The average molecular weight is 367 g/mol. The van der Waals surface area contributed by atoms with Crippen LogP contribution < -0.4 is 5.32 Å². The summed E-state index contributed by atoms with van der Waals surface area (Å²) in [7, 11) is 0. The Morgan fingerprint density at radius 1 is 1.31 bits per heavy atom. The van der Waals surface area contributed by atoms with Crippen molar-refractivity contribution in [2.75, 3.05) is 11.9 Å². The molecule has 2 aromatic rings. The van der Waals surface area contributed by atoms with Crippen LogP contribution in [0.2, 0.25) is 0 Å². The normalized spacial score (nSPS) is 14.5. The number of rotatable bonds is 4. The summed E-state index contributed by atoms with van der Waals surface area (Å²) in [6.07, 6.45) is -4.47. The maximum atomic E-state index is 12.7. The summed E-state index contributed by atoms with van der Waals surface area (Å²) in [6.45, 7) is 5.69. The SMILES string of the molecule is CC(C)C(=O)N1CCn2nc(CNc3cccc(C(F)(F)F)n3)cc2C1. The van der Waals surface area contributed by atoms with Gasteiger partial charge in [0.1, 0.15) is 11.5 Å². The summed E-state index contributed by atoms with van der Waals surface area (Å²) in [5.74, 6) is 0.185. The summed E-state index contributed by atoms with van der Waals surface area (Å²) in [6, 6.07) is 5.58. The number of fused-ring (bicyclic) bond motifs is 1. The molecule has 0 aliphatic carbocycles. The maximum Gasteiger partial charge on any atom is 0.433 e. The number of hydrogen-bond donors (Lipinski definition) is 1. The van der Waals surface area contributed by atoms with Crippen molar-refractivity contribution in [3.05, 3.63) is 41.3 Å². The molecule has 0 aromatic carbocycles. The van der Waals surface area contributed by atoms with Crippen LogP contribution in [0.4, 0.5) is 19.0 Å². The fraction of sp³-hybridized carbons (Fsp3) is 0.471. The molecule has 26 heavy (non-hydrogen) atoms. The first kappa shape index (κ1) is 18.2. The van der Waals surface area contributed by atoms with Gasteiger partial charge in [-0.25, -0.2) is 4.98 Å². The highest BCUT2D eigenvalue weighted by atomic mass is 19.4. The number of anilines is 1. The molecule has 0 unspecified atom stereocenters. The van der Waals surface area contributed by atoms with Gasteiger partial charge in [-0.3, -0.25) is 9.48 Å². The summed E-state index contributed by atoms with van der Waals surface area (Å²) in [5.41, 5.74) is 0.673. The minimum atomic E-state index is -4.47. The fourth-order valence-electron chi connectivity index (χ4n) is 2.84. The number of alkyl halides is 3. The number of amides is 1. The number of carbonyl (C=O) groups is 1. The molecular weight excluding hydrogens is 347 g/mol. The molecular formula is C17H20F3N5O. The van der Waals surface area contributed by atoms with Gasteiger partial charge in [-0.15, -0.1) is 0 Å². The molecule has 9 heteroatoms. The van der Waals surface area contributed by atoms with Gasteiger partial charge in [-0.2, -0.15) is 18.3 Å². The first-order chi connectivity index (χ1) is 12.2. The molecule has 0 spiro atoms. The second-order valence-corrected chi connectivity index (χ2v) is 6.52. The molecule has 0 fully saturated rings. The number of carbonyl (C=O) groups excluding carboxylic acids is 1. The van der Waals surface area contributed by atoms with Gasteiger partial charge in [0.25, 0.3) is 0 Å². The molecule has 0 atom stereocenters. The van der Waals surface area contributed by atoms with E-state index in [9.17, 15) is 18.0 Å². The Bertz CT molecular complexity index is 800. The largest absolute Gasteiger partial charge is 0.433 e. The summed E-state index contributed by atoms with van der Waals surface area (Å²) < 4.78 is 40.0. The lowest BCUT2D eigenvalue weighted by atomic mass is 10.1. The van der Waals surface area contributed by atoms with Crippen molar-refractivity contribution in [3.63, 3.8) is 0 Å². The first-order valence-electron chi connectivity index (χ1n) is 8.36. The monoisotopic (exact) mass is 367 g/mol. The topological polar surface area (TPSA) is 63.1 Å². The van der Waals surface area contributed by atoms with Crippen molar-refractivity contribution in [1.29, 1.82) is 0 Å². The van der Waals surface area contributed by atoms with Crippen molar-refractivity contribution in [3.8, 4) is 0 Å². The van der Waals surface area contributed by atoms with Gasteiger partial charge in [0.2, 0.25) is 5.91 Å². The number of aromatic nitrogens is 3. The highest BCUT2D eigenvalue weighted by Crippen LogP contribution is 2.28. The number of halogens is 3. The lowest BCUT2D eigenvalue weighted by Gasteiger charge is -2.29. The van der Waals surface area contributed by atoms with Crippen LogP contribution >= 0.6 is 0 Å². The Kier molecular flexibility index (Phi) is 4.88. The van der Waals surface area contributed by atoms with Crippen LogP contribution in [0.3, 0.4) is 0 Å². The van der Waals surface area contributed by atoms with E-state index in [-0.39, 0.29) is 24.2 Å². The average Bonchev–Trinajstić information content (AvgIpc) is 3.00. The molecule has 0 saturated carbocycles. The Morgan fingerprint density at radius 3 is 2.77 bits per heavy atom. The van der Waals surface area contributed by atoms with Gasteiger partial charge in [-0.1, -0.05) is 19.9 Å². The molecule has 2 aromatic heterocycles. The second-order valence-electron chi connectivity index (χ2n) is 6.52. The zero-order valence-electron chi connectivity index (χ0n) is 14.5. The molecule has 0 bridgehead atoms. The molecule has 3 rings (SSSR count). The lowest BCUT2D eigenvalue weighted by molar-refractivity contribution is -0.141. The molecule has 6 nitrogen and oxygen atoms in total. The Morgan fingerprint density at radius 2 is 2.08 bits per heavy atom. The summed E-state index contributed by atoms with van der Waals surface area (Å²) >= 11 is 0. The smallest absolute Gasteiger partial charge is 0.364 e. The summed E-state index contributed by atoms with van der Waals surface area (Å²) in [4.78, 5) is 17.5. The number of hydrogen-bond acceptors (Lipinski definition) is 4. The predicted molar refractivity (Wildman–Crippen MR) is 89.0 cm³/mol. The second kappa shape index (κ2) is 6.97. The third-order valence-corrected chi connectivity index (χ3v) is 4.14. The highest BCUT2D eigenvalue weighted by molar-refractivity contribution is 5.78. The van der Waals surface area contributed by atoms with Crippen LogP contribution in [0.1, 0.15) is 30.9 Å². The van der Waals surface area contributed by atoms with Crippen LogP contribution in [0.5, 0.6) is 0 Å².